The van der Waals surface area contributed by atoms with Crippen molar-refractivity contribution in [1.29, 1.82) is 0 Å². The van der Waals surface area contributed by atoms with E-state index in [1.165, 1.54) is 66.1 Å². The van der Waals surface area contributed by atoms with Crippen molar-refractivity contribution in [3.63, 3.8) is 0 Å². The highest BCUT2D eigenvalue weighted by molar-refractivity contribution is 6.17. The van der Waals surface area contributed by atoms with E-state index in [0.717, 1.165) is 39.2 Å². The molecule has 0 saturated carbocycles. The van der Waals surface area contributed by atoms with Crippen LogP contribution in [0, 0.1) is 0 Å². The van der Waals surface area contributed by atoms with E-state index in [1.807, 2.05) is 24.3 Å². The van der Waals surface area contributed by atoms with Crippen LogP contribution in [0.4, 0.5) is 0 Å². The summed E-state index contributed by atoms with van der Waals surface area (Å²) in [5, 5.41) is 5.37. The van der Waals surface area contributed by atoms with Crippen molar-refractivity contribution in [3.8, 4) is 67.3 Å². The minimum absolute atomic E-state index is 0.384. The number of rotatable bonds is 5. The van der Waals surface area contributed by atoms with Crippen LogP contribution < -0.4 is 0 Å². The van der Waals surface area contributed by atoms with Crippen molar-refractivity contribution < 1.29 is 0 Å². The molecule has 0 fully saturated rings. The molecule has 1 heterocycles. The van der Waals surface area contributed by atoms with Gasteiger partial charge >= 0.3 is 0 Å². The van der Waals surface area contributed by atoms with Crippen molar-refractivity contribution in [2.24, 2.45) is 0 Å². The van der Waals surface area contributed by atoms with Crippen molar-refractivity contribution in [3.05, 3.63) is 229 Å². The van der Waals surface area contributed by atoms with Gasteiger partial charge in [-0.1, -0.05) is 182 Å². The molecule has 0 aliphatic heterocycles. The normalized spacial score (nSPS) is 13.1. The Labute approximate surface area is 331 Å². The monoisotopic (exact) mass is 722 g/mol. The Morgan fingerprint density at radius 1 is 0.281 bits per heavy atom. The fourth-order valence-corrected chi connectivity index (χ4v) is 9.77. The molecule has 57 heavy (non-hydrogen) atoms. The second-order valence-corrected chi connectivity index (χ2v) is 15.3. The maximum absolute atomic E-state index is 5.12. The standard InChI is InChI=1S/C55H34N2/c1-3-13-35(14-4-1)50-34-51(57-54(56-50)38-15-5-2-6-16-38)43-22-10-21-41(32-43)39-19-9-20-40(31-39)42-29-30-45-44-23-7-8-24-46(44)55(49(45)33-42)47-25-11-17-36-27-28-37-18-12-26-48(55)53(37)52(36)47/h1-34H. The molecule has 1 aromatic heterocycles. The summed E-state index contributed by atoms with van der Waals surface area (Å²) in [4.78, 5) is 10.1. The van der Waals surface area contributed by atoms with Crippen LogP contribution in [0.1, 0.15) is 22.3 Å². The lowest BCUT2D eigenvalue weighted by molar-refractivity contribution is 0.797. The molecule has 0 N–H and O–H groups in total. The zero-order chi connectivity index (χ0) is 37.5. The molecule has 2 aliphatic carbocycles. The maximum Gasteiger partial charge on any atom is 0.160 e. The predicted molar refractivity (Wildman–Crippen MR) is 235 cm³/mol. The van der Waals surface area contributed by atoms with E-state index >= 15 is 0 Å². The summed E-state index contributed by atoms with van der Waals surface area (Å²) < 4.78 is 0. The Morgan fingerprint density at radius 3 is 1.42 bits per heavy atom. The third kappa shape index (κ3) is 4.71. The van der Waals surface area contributed by atoms with Crippen LogP contribution in [0.25, 0.3) is 88.8 Å². The maximum atomic E-state index is 5.12. The fraction of sp³-hybridized carbons (Fsp3) is 0.0182. The fourth-order valence-electron chi connectivity index (χ4n) is 9.77. The second-order valence-electron chi connectivity index (χ2n) is 15.3. The molecule has 2 heteroatoms. The van der Waals surface area contributed by atoms with E-state index < -0.39 is 0 Å². The van der Waals surface area contributed by atoms with E-state index in [0.29, 0.717) is 5.82 Å². The summed E-state index contributed by atoms with van der Waals surface area (Å²) in [6, 6.07) is 75.0. The number of benzene rings is 9. The summed E-state index contributed by atoms with van der Waals surface area (Å²) in [6.45, 7) is 0. The summed E-state index contributed by atoms with van der Waals surface area (Å²) in [5.74, 6) is 0.716. The van der Waals surface area contributed by atoms with Crippen LogP contribution >= 0.6 is 0 Å². The molecule has 2 nitrogen and oxygen atoms in total. The van der Waals surface area contributed by atoms with Crippen molar-refractivity contribution >= 4 is 21.5 Å². The Morgan fingerprint density at radius 2 is 0.754 bits per heavy atom. The first-order valence-electron chi connectivity index (χ1n) is 19.6. The summed E-state index contributed by atoms with van der Waals surface area (Å²) in [7, 11) is 0. The first-order chi connectivity index (χ1) is 28.2. The highest BCUT2D eigenvalue weighted by Gasteiger charge is 2.50. The molecular formula is C55H34N2. The number of hydrogen-bond donors (Lipinski definition) is 0. The average molecular weight is 723 g/mol. The van der Waals surface area contributed by atoms with Crippen molar-refractivity contribution in [2.45, 2.75) is 5.41 Å². The lowest BCUT2D eigenvalue weighted by Crippen LogP contribution is -2.26. The van der Waals surface area contributed by atoms with Gasteiger partial charge in [0.1, 0.15) is 0 Å². The molecule has 264 valence electrons. The number of hydrogen-bond acceptors (Lipinski definition) is 2. The lowest BCUT2D eigenvalue weighted by Gasteiger charge is -2.31. The predicted octanol–water partition coefficient (Wildman–Crippen LogP) is 13.8. The van der Waals surface area contributed by atoms with E-state index in [1.54, 1.807) is 0 Å². The zero-order valence-corrected chi connectivity index (χ0v) is 31.0. The molecule has 0 amide bonds. The van der Waals surface area contributed by atoms with E-state index in [-0.39, 0.29) is 5.41 Å². The van der Waals surface area contributed by atoms with E-state index in [9.17, 15) is 0 Å². The quantitative estimate of drug-likeness (QED) is 0.165. The van der Waals surface area contributed by atoms with Gasteiger partial charge in [0, 0.05) is 16.7 Å². The van der Waals surface area contributed by atoms with Gasteiger partial charge in [-0.15, -0.1) is 0 Å². The SMILES string of the molecule is c1ccc(-c2cc(-c3cccc(-c4cccc(-c5ccc6c(c5)C5(c7ccccc7-6)c6cccc7ccc8cccc5c8c67)c4)c3)nc(-c3ccccc3)n2)cc1. The third-order valence-electron chi connectivity index (χ3n) is 12.3. The van der Waals surface area contributed by atoms with Crippen LogP contribution in [0.2, 0.25) is 0 Å². The lowest BCUT2D eigenvalue weighted by atomic mass is 9.70. The van der Waals surface area contributed by atoms with Crippen molar-refractivity contribution in [1.82, 2.24) is 9.97 Å². The van der Waals surface area contributed by atoms with Crippen LogP contribution in [0.3, 0.4) is 0 Å². The molecule has 0 radical (unpaired) electrons. The van der Waals surface area contributed by atoms with Crippen LogP contribution in [-0.4, -0.2) is 9.97 Å². The Hall–Kier alpha value is -7.42. The largest absolute Gasteiger partial charge is 0.228 e. The zero-order valence-electron chi connectivity index (χ0n) is 31.0. The summed E-state index contributed by atoms with van der Waals surface area (Å²) in [6.07, 6.45) is 0. The molecule has 1 spiro atoms. The Bertz CT molecular complexity index is 3110. The number of fused-ring (bicyclic) bond motifs is 7. The molecule has 10 aromatic rings. The van der Waals surface area contributed by atoms with Gasteiger partial charge in [0.05, 0.1) is 16.8 Å². The molecule has 0 unspecified atom stereocenters. The third-order valence-corrected chi connectivity index (χ3v) is 12.3. The summed E-state index contributed by atoms with van der Waals surface area (Å²) in [5.41, 5.74) is 17.4. The topological polar surface area (TPSA) is 25.8 Å². The molecule has 2 aliphatic rings. The molecule has 0 saturated heterocycles. The smallest absolute Gasteiger partial charge is 0.160 e. The highest BCUT2D eigenvalue weighted by Crippen LogP contribution is 2.62. The number of aromatic nitrogens is 2. The molecule has 9 aromatic carbocycles. The Balaban J connectivity index is 0.985. The molecular weight excluding hydrogens is 689 g/mol. The van der Waals surface area contributed by atoms with E-state index in [2.05, 4.69) is 182 Å². The van der Waals surface area contributed by atoms with Gasteiger partial charge in [-0.25, -0.2) is 9.97 Å². The van der Waals surface area contributed by atoms with Gasteiger partial charge in [-0.3, -0.25) is 0 Å². The Kier molecular flexibility index (Phi) is 6.88. The second kappa shape index (κ2) is 12.3. The van der Waals surface area contributed by atoms with Gasteiger partial charge in [-0.05, 0) is 101 Å². The summed E-state index contributed by atoms with van der Waals surface area (Å²) >= 11 is 0. The number of nitrogens with zero attached hydrogens (tertiary/aromatic N) is 2. The molecule has 0 atom stereocenters. The molecule has 12 rings (SSSR count). The average Bonchev–Trinajstić information content (AvgIpc) is 3.77. The van der Waals surface area contributed by atoms with Crippen LogP contribution in [-0.2, 0) is 5.41 Å². The highest BCUT2D eigenvalue weighted by atomic mass is 14.9. The minimum Gasteiger partial charge on any atom is -0.228 e. The van der Waals surface area contributed by atoms with Gasteiger partial charge in [-0.2, -0.15) is 0 Å². The first kappa shape index (κ1) is 31.9. The van der Waals surface area contributed by atoms with Gasteiger partial charge < -0.3 is 0 Å². The first-order valence-corrected chi connectivity index (χ1v) is 19.6. The van der Waals surface area contributed by atoms with Gasteiger partial charge in [0.15, 0.2) is 5.82 Å². The molecule has 0 bridgehead atoms. The van der Waals surface area contributed by atoms with Gasteiger partial charge in [0.25, 0.3) is 0 Å². The van der Waals surface area contributed by atoms with Crippen molar-refractivity contribution in [2.75, 3.05) is 0 Å². The van der Waals surface area contributed by atoms with Crippen LogP contribution in [0.5, 0.6) is 0 Å². The van der Waals surface area contributed by atoms with Crippen LogP contribution in [0.15, 0.2) is 206 Å². The minimum atomic E-state index is -0.384. The van der Waals surface area contributed by atoms with Gasteiger partial charge in [0.2, 0.25) is 0 Å². The van der Waals surface area contributed by atoms with E-state index in [4.69, 9.17) is 9.97 Å².